The molecular weight excluding hydrogens is 146 g/mol. The molecule has 0 aliphatic rings. The molecule has 1 nitrogen and oxygen atoms in total. The Kier molecular flexibility index (Phi) is 3.03. The Balaban J connectivity index is 3.05. The Morgan fingerprint density at radius 1 is 1.50 bits per heavy atom. The fourth-order valence-electron chi connectivity index (χ4n) is 1.20. The van der Waals surface area contributed by atoms with Crippen LogP contribution in [0.15, 0.2) is 24.0 Å². The summed E-state index contributed by atoms with van der Waals surface area (Å²) in [4.78, 5) is 4.10. The van der Waals surface area contributed by atoms with E-state index in [0.717, 1.165) is 6.42 Å². The molecule has 0 saturated heterocycles. The zero-order valence-electron chi connectivity index (χ0n) is 7.96. The van der Waals surface area contributed by atoms with Crippen molar-refractivity contribution >= 4 is 6.08 Å². The highest BCUT2D eigenvalue weighted by atomic mass is 14.6. The Hall–Kier alpha value is -1.11. The second-order valence-corrected chi connectivity index (χ2v) is 3.15. The van der Waals surface area contributed by atoms with Crippen LogP contribution in [-0.2, 0) is 6.42 Å². The van der Waals surface area contributed by atoms with Crippen LogP contribution in [0.4, 0.5) is 0 Å². The number of hydrogen-bond donors (Lipinski definition) is 0. The Bertz CT molecular complexity index is 283. The Labute approximate surface area is 74.2 Å². The SMILES string of the molecule is CCc1ccncc1C=C(C)C. The zero-order chi connectivity index (χ0) is 8.97. The summed E-state index contributed by atoms with van der Waals surface area (Å²) in [5.41, 5.74) is 3.93. The van der Waals surface area contributed by atoms with Crippen LogP contribution in [-0.4, -0.2) is 4.98 Å². The van der Waals surface area contributed by atoms with Crippen LogP contribution < -0.4 is 0 Å². The van der Waals surface area contributed by atoms with Gasteiger partial charge in [-0.2, -0.15) is 0 Å². The minimum absolute atomic E-state index is 1.07. The van der Waals surface area contributed by atoms with Crippen molar-refractivity contribution in [2.24, 2.45) is 0 Å². The first-order valence-corrected chi connectivity index (χ1v) is 4.32. The second-order valence-electron chi connectivity index (χ2n) is 3.15. The molecule has 1 rings (SSSR count). The van der Waals surface area contributed by atoms with Gasteiger partial charge in [0.1, 0.15) is 0 Å². The molecule has 1 heteroatoms. The molecule has 1 aromatic rings. The van der Waals surface area contributed by atoms with Gasteiger partial charge in [-0.25, -0.2) is 0 Å². The van der Waals surface area contributed by atoms with Crippen molar-refractivity contribution in [2.45, 2.75) is 27.2 Å². The molecule has 1 aromatic heterocycles. The molecule has 0 saturated carbocycles. The number of aryl methyl sites for hydroxylation is 1. The van der Waals surface area contributed by atoms with E-state index in [0.29, 0.717) is 0 Å². The number of allylic oxidation sites excluding steroid dienone is 1. The molecule has 0 amide bonds. The lowest BCUT2D eigenvalue weighted by Gasteiger charge is -2.01. The van der Waals surface area contributed by atoms with E-state index in [9.17, 15) is 0 Å². The van der Waals surface area contributed by atoms with Crippen LogP contribution in [0.5, 0.6) is 0 Å². The molecule has 0 fully saturated rings. The van der Waals surface area contributed by atoms with Crippen LogP contribution in [0.1, 0.15) is 31.9 Å². The summed E-state index contributed by atoms with van der Waals surface area (Å²) in [5.74, 6) is 0. The average Bonchev–Trinajstić information content (AvgIpc) is 2.04. The van der Waals surface area contributed by atoms with Crippen molar-refractivity contribution in [2.75, 3.05) is 0 Å². The molecule has 64 valence electrons. The van der Waals surface area contributed by atoms with E-state index in [1.807, 2.05) is 12.4 Å². The molecule has 0 aromatic carbocycles. The number of rotatable bonds is 2. The molecule has 0 bridgehead atoms. The zero-order valence-corrected chi connectivity index (χ0v) is 7.96. The van der Waals surface area contributed by atoms with Crippen molar-refractivity contribution in [1.82, 2.24) is 4.98 Å². The lowest BCUT2D eigenvalue weighted by Crippen LogP contribution is -1.87. The average molecular weight is 161 g/mol. The van der Waals surface area contributed by atoms with Crippen LogP contribution in [0.3, 0.4) is 0 Å². The number of nitrogens with zero attached hydrogens (tertiary/aromatic N) is 1. The van der Waals surface area contributed by atoms with Crippen molar-refractivity contribution in [3.8, 4) is 0 Å². The van der Waals surface area contributed by atoms with Gasteiger partial charge < -0.3 is 0 Å². The quantitative estimate of drug-likeness (QED) is 0.649. The summed E-state index contributed by atoms with van der Waals surface area (Å²) in [6.45, 7) is 6.37. The van der Waals surface area contributed by atoms with E-state index in [1.165, 1.54) is 16.7 Å². The molecule has 0 spiro atoms. The van der Waals surface area contributed by atoms with E-state index < -0.39 is 0 Å². The van der Waals surface area contributed by atoms with Gasteiger partial charge in [0, 0.05) is 12.4 Å². The van der Waals surface area contributed by atoms with Crippen molar-refractivity contribution in [3.63, 3.8) is 0 Å². The van der Waals surface area contributed by atoms with Gasteiger partial charge in [-0.15, -0.1) is 0 Å². The first-order chi connectivity index (χ1) is 5.74. The first-order valence-electron chi connectivity index (χ1n) is 4.32. The van der Waals surface area contributed by atoms with Gasteiger partial charge in [-0.1, -0.05) is 18.6 Å². The molecule has 0 aliphatic heterocycles. The van der Waals surface area contributed by atoms with Gasteiger partial charge in [-0.05, 0) is 37.5 Å². The maximum absolute atomic E-state index is 4.10. The monoisotopic (exact) mass is 161 g/mol. The number of aromatic nitrogens is 1. The molecule has 0 N–H and O–H groups in total. The molecule has 0 atom stereocenters. The second kappa shape index (κ2) is 4.05. The van der Waals surface area contributed by atoms with Crippen molar-refractivity contribution < 1.29 is 0 Å². The maximum Gasteiger partial charge on any atom is 0.0343 e. The van der Waals surface area contributed by atoms with Gasteiger partial charge >= 0.3 is 0 Å². The molecular formula is C11H15N. The normalized spacial score (nSPS) is 9.58. The highest BCUT2D eigenvalue weighted by molar-refractivity contribution is 5.54. The van der Waals surface area contributed by atoms with Gasteiger partial charge in [0.25, 0.3) is 0 Å². The minimum Gasteiger partial charge on any atom is -0.264 e. The standard InChI is InChI=1S/C11H15N/c1-4-10-5-6-12-8-11(10)7-9(2)3/h5-8H,4H2,1-3H3. The Morgan fingerprint density at radius 2 is 2.25 bits per heavy atom. The summed E-state index contributed by atoms with van der Waals surface area (Å²) >= 11 is 0. The number of hydrogen-bond acceptors (Lipinski definition) is 1. The molecule has 0 aliphatic carbocycles. The molecule has 0 unspecified atom stereocenters. The summed E-state index contributed by atoms with van der Waals surface area (Å²) in [6.07, 6.45) is 7.01. The topological polar surface area (TPSA) is 12.9 Å². The summed E-state index contributed by atoms with van der Waals surface area (Å²) in [6, 6.07) is 2.08. The minimum atomic E-state index is 1.07. The summed E-state index contributed by atoms with van der Waals surface area (Å²) in [7, 11) is 0. The molecule has 0 radical (unpaired) electrons. The lowest BCUT2D eigenvalue weighted by molar-refractivity contribution is 1.11. The molecule has 12 heavy (non-hydrogen) atoms. The summed E-state index contributed by atoms with van der Waals surface area (Å²) < 4.78 is 0. The van der Waals surface area contributed by atoms with Gasteiger partial charge in [0.15, 0.2) is 0 Å². The fourth-order valence-corrected chi connectivity index (χ4v) is 1.20. The third-order valence-electron chi connectivity index (χ3n) is 1.77. The van der Waals surface area contributed by atoms with Gasteiger partial charge in [-0.3, -0.25) is 4.98 Å². The summed E-state index contributed by atoms with van der Waals surface area (Å²) in [5, 5.41) is 0. The van der Waals surface area contributed by atoms with E-state index in [-0.39, 0.29) is 0 Å². The van der Waals surface area contributed by atoms with Crippen molar-refractivity contribution in [3.05, 3.63) is 35.2 Å². The van der Waals surface area contributed by atoms with Gasteiger partial charge in [0.05, 0.1) is 0 Å². The van der Waals surface area contributed by atoms with Gasteiger partial charge in [0.2, 0.25) is 0 Å². The maximum atomic E-state index is 4.10. The van der Waals surface area contributed by atoms with Crippen LogP contribution in [0, 0.1) is 0 Å². The predicted octanol–water partition coefficient (Wildman–Crippen LogP) is 3.07. The largest absolute Gasteiger partial charge is 0.264 e. The van der Waals surface area contributed by atoms with E-state index in [1.54, 1.807) is 0 Å². The first kappa shape index (κ1) is 8.98. The third kappa shape index (κ3) is 2.19. The fraction of sp³-hybridized carbons (Fsp3) is 0.364. The Morgan fingerprint density at radius 3 is 2.83 bits per heavy atom. The smallest absolute Gasteiger partial charge is 0.0343 e. The highest BCUT2D eigenvalue weighted by Gasteiger charge is 1.95. The van der Waals surface area contributed by atoms with E-state index >= 15 is 0 Å². The van der Waals surface area contributed by atoms with Crippen LogP contribution >= 0.6 is 0 Å². The molecule has 1 heterocycles. The number of pyridine rings is 1. The highest BCUT2D eigenvalue weighted by Crippen LogP contribution is 2.11. The third-order valence-corrected chi connectivity index (χ3v) is 1.77. The van der Waals surface area contributed by atoms with E-state index in [4.69, 9.17) is 0 Å². The van der Waals surface area contributed by atoms with Crippen LogP contribution in [0.2, 0.25) is 0 Å². The lowest BCUT2D eigenvalue weighted by atomic mass is 10.1. The predicted molar refractivity (Wildman–Crippen MR) is 52.9 cm³/mol. The van der Waals surface area contributed by atoms with E-state index in [2.05, 4.69) is 37.9 Å². The van der Waals surface area contributed by atoms with Crippen LogP contribution in [0.25, 0.3) is 6.08 Å². The van der Waals surface area contributed by atoms with Crippen molar-refractivity contribution in [1.29, 1.82) is 0 Å².